The number of nitrogens with zero attached hydrogens (tertiary/aromatic N) is 4. The number of fused-ring (bicyclic) bond motifs is 1. The maximum Gasteiger partial charge on any atom is 0.270 e. The minimum absolute atomic E-state index is 0.118. The second-order valence-electron chi connectivity index (χ2n) is 5.33. The zero-order valence-electron chi connectivity index (χ0n) is 11.9. The van der Waals surface area contributed by atoms with E-state index in [-0.39, 0.29) is 10.6 Å². The molecular formula is C15H16N4O2. The van der Waals surface area contributed by atoms with Crippen molar-refractivity contribution in [2.24, 2.45) is 0 Å². The van der Waals surface area contributed by atoms with Gasteiger partial charge in [-0.05, 0) is 26.0 Å². The monoisotopic (exact) mass is 284 g/mol. The van der Waals surface area contributed by atoms with E-state index in [1.165, 1.54) is 0 Å². The molecule has 2 aromatic heterocycles. The molecule has 0 aliphatic heterocycles. The van der Waals surface area contributed by atoms with Crippen molar-refractivity contribution in [2.45, 2.75) is 26.4 Å². The molecule has 21 heavy (non-hydrogen) atoms. The summed E-state index contributed by atoms with van der Waals surface area (Å²) in [6.07, 6.45) is 5.64. The summed E-state index contributed by atoms with van der Waals surface area (Å²) >= 11 is 0. The normalized spacial score (nSPS) is 11.4. The summed E-state index contributed by atoms with van der Waals surface area (Å²) in [4.78, 5) is 14.6. The molecule has 0 spiro atoms. The number of nitro benzene ring substituents is 1. The summed E-state index contributed by atoms with van der Waals surface area (Å²) in [6.45, 7) is 4.92. The average Bonchev–Trinajstić information content (AvgIpc) is 3.06. The predicted octanol–water partition coefficient (Wildman–Crippen LogP) is 3.38. The molecule has 2 heterocycles. The molecule has 0 fully saturated rings. The fourth-order valence-corrected chi connectivity index (χ4v) is 2.53. The van der Waals surface area contributed by atoms with Crippen LogP contribution in [0.15, 0.2) is 43.0 Å². The fourth-order valence-electron chi connectivity index (χ4n) is 2.53. The largest absolute Gasteiger partial charge is 0.341 e. The van der Waals surface area contributed by atoms with Crippen LogP contribution in [0.2, 0.25) is 0 Å². The molecule has 0 N–H and O–H groups in total. The van der Waals surface area contributed by atoms with Crippen LogP contribution in [-0.4, -0.2) is 19.0 Å². The first-order valence-electron chi connectivity index (χ1n) is 6.80. The molecule has 0 unspecified atom stereocenters. The molecule has 6 nitrogen and oxygen atoms in total. The zero-order chi connectivity index (χ0) is 15.0. The maximum atomic E-state index is 10.8. The molecule has 0 atom stereocenters. The van der Waals surface area contributed by atoms with Gasteiger partial charge in [0.25, 0.3) is 5.69 Å². The van der Waals surface area contributed by atoms with E-state index in [4.69, 9.17) is 0 Å². The maximum absolute atomic E-state index is 10.8. The molecule has 1 aromatic carbocycles. The minimum Gasteiger partial charge on any atom is -0.341 e. The summed E-state index contributed by atoms with van der Waals surface area (Å²) in [7, 11) is 0. The lowest BCUT2D eigenvalue weighted by Crippen LogP contribution is -2.08. The SMILES string of the molecule is CC(C)n1cncc1Cn1ccc2cc([N+](=O)[O-])ccc21. The van der Waals surface area contributed by atoms with E-state index in [1.54, 1.807) is 18.2 Å². The van der Waals surface area contributed by atoms with Gasteiger partial charge in [0.1, 0.15) is 0 Å². The van der Waals surface area contributed by atoms with Gasteiger partial charge in [-0.25, -0.2) is 4.98 Å². The van der Waals surface area contributed by atoms with Crippen molar-refractivity contribution in [3.63, 3.8) is 0 Å². The highest BCUT2D eigenvalue weighted by molar-refractivity contribution is 5.82. The molecule has 6 heteroatoms. The van der Waals surface area contributed by atoms with E-state index in [0.29, 0.717) is 12.6 Å². The molecule has 3 rings (SSSR count). The molecule has 0 saturated carbocycles. The van der Waals surface area contributed by atoms with Crippen LogP contribution in [0.3, 0.4) is 0 Å². The van der Waals surface area contributed by atoms with Crippen molar-refractivity contribution in [3.8, 4) is 0 Å². The van der Waals surface area contributed by atoms with Gasteiger partial charge in [0.15, 0.2) is 0 Å². The lowest BCUT2D eigenvalue weighted by molar-refractivity contribution is -0.384. The molecule has 0 bridgehead atoms. The van der Waals surface area contributed by atoms with Gasteiger partial charge in [0.05, 0.1) is 23.5 Å². The van der Waals surface area contributed by atoms with Crippen LogP contribution in [0.25, 0.3) is 10.9 Å². The zero-order valence-corrected chi connectivity index (χ0v) is 11.9. The second kappa shape index (κ2) is 5.05. The minimum atomic E-state index is -0.370. The lowest BCUT2D eigenvalue weighted by Gasteiger charge is -2.12. The van der Waals surface area contributed by atoms with Crippen molar-refractivity contribution in [3.05, 3.63) is 58.8 Å². The summed E-state index contributed by atoms with van der Waals surface area (Å²) in [5, 5.41) is 11.7. The van der Waals surface area contributed by atoms with Crippen LogP contribution in [0.4, 0.5) is 5.69 Å². The van der Waals surface area contributed by atoms with Crippen LogP contribution < -0.4 is 0 Å². The van der Waals surface area contributed by atoms with Crippen molar-refractivity contribution >= 4 is 16.6 Å². The van der Waals surface area contributed by atoms with Crippen LogP contribution in [0.1, 0.15) is 25.6 Å². The quantitative estimate of drug-likeness (QED) is 0.545. The molecular weight excluding hydrogens is 268 g/mol. The van der Waals surface area contributed by atoms with E-state index in [0.717, 1.165) is 16.6 Å². The standard InChI is InChI=1S/C15H16N4O2/c1-11(2)18-10-16-8-14(18)9-17-6-5-12-7-13(19(20)21)3-4-15(12)17/h3-8,10-11H,9H2,1-2H3. The highest BCUT2D eigenvalue weighted by atomic mass is 16.6. The van der Waals surface area contributed by atoms with E-state index in [9.17, 15) is 10.1 Å². The van der Waals surface area contributed by atoms with Crippen molar-refractivity contribution in [2.75, 3.05) is 0 Å². The molecule has 0 amide bonds. The van der Waals surface area contributed by atoms with Gasteiger partial charge in [0, 0.05) is 41.5 Å². The van der Waals surface area contributed by atoms with Crippen molar-refractivity contribution in [1.29, 1.82) is 0 Å². The third kappa shape index (κ3) is 2.40. The van der Waals surface area contributed by atoms with Gasteiger partial charge in [-0.2, -0.15) is 0 Å². The van der Waals surface area contributed by atoms with E-state index in [1.807, 2.05) is 24.8 Å². The highest BCUT2D eigenvalue weighted by Crippen LogP contribution is 2.23. The van der Waals surface area contributed by atoms with Gasteiger partial charge in [-0.15, -0.1) is 0 Å². The Morgan fingerprint density at radius 3 is 2.86 bits per heavy atom. The first kappa shape index (κ1) is 13.4. The highest BCUT2D eigenvalue weighted by Gasteiger charge is 2.11. The number of benzene rings is 1. The van der Waals surface area contributed by atoms with Gasteiger partial charge in [-0.3, -0.25) is 10.1 Å². The Labute approximate surface area is 121 Å². The third-order valence-electron chi connectivity index (χ3n) is 3.60. The molecule has 0 radical (unpaired) electrons. The van der Waals surface area contributed by atoms with E-state index in [2.05, 4.69) is 28.0 Å². The number of aromatic nitrogens is 3. The molecule has 0 aliphatic carbocycles. The topological polar surface area (TPSA) is 65.9 Å². The molecule has 3 aromatic rings. The molecule has 0 aliphatic rings. The van der Waals surface area contributed by atoms with Crippen LogP contribution in [-0.2, 0) is 6.54 Å². The first-order valence-corrected chi connectivity index (χ1v) is 6.80. The van der Waals surface area contributed by atoms with Crippen molar-refractivity contribution in [1.82, 2.24) is 14.1 Å². The Kier molecular flexibility index (Phi) is 3.21. The Morgan fingerprint density at radius 2 is 2.14 bits per heavy atom. The predicted molar refractivity (Wildman–Crippen MR) is 80.3 cm³/mol. The number of imidazole rings is 1. The summed E-state index contributed by atoms with van der Waals surface area (Å²) in [5.74, 6) is 0. The van der Waals surface area contributed by atoms with Crippen LogP contribution in [0.5, 0.6) is 0 Å². The average molecular weight is 284 g/mol. The summed E-state index contributed by atoms with van der Waals surface area (Å²) in [6, 6.07) is 7.19. The number of hydrogen-bond acceptors (Lipinski definition) is 3. The lowest BCUT2D eigenvalue weighted by atomic mass is 10.2. The van der Waals surface area contributed by atoms with Gasteiger partial charge >= 0.3 is 0 Å². The Balaban J connectivity index is 1.98. The molecule has 0 saturated heterocycles. The van der Waals surface area contributed by atoms with Crippen LogP contribution >= 0.6 is 0 Å². The van der Waals surface area contributed by atoms with Crippen LogP contribution in [0, 0.1) is 10.1 Å². The number of non-ortho nitro benzene ring substituents is 1. The van der Waals surface area contributed by atoms with Gasteiger partial charge < -0.3 is 9.13 Å². The van der Waals surface area contributed by atoms with Gasteiger partial charge in [-0.1, -0.05) is 0 Å². The van der Waals surface area contributed by atoms with Crippen molar-refractivity contribution < 1.29 is 4.92 Å². The Morgan fingerprint density at radius 1 is 1.33 bits per heavy atom. The second-order valence-corrected chi connectivity index (χ2v) is 5.33. The first-order chi connectivity index (χ1) is 10.1. The number of hydrogen-bond donors (Lipinski definition) is 0. The Hall–Kier alpha value is -2.63. The molecule has 108 valence electrons. The van der Waals surface area contributed by atoms with Gasteiger partial charge in [0.2, 0.25) is 0 Å². The van der Waals surface area contributed by atoms with E-state index < -0.39 is 0 Å². The third-order valence-corrected chi connectivity index (χ3v) is 3.60. The number of nitro groups is 1. The van der Waals surface area contributed by atoms with E-state index >= 15 is 0 Å². The summed E-state index contributed by atoms with van der Waals surface area (Å²) < 4.78 is 4.20. The number of rotatable bonds is 4. The Bertz CT molecular complexity index is 801. The smallest absolute Gasteiger partial charge is 0.270 e. The fraction of sp³-hybridized carbons (Fsp3) is 0.267. The summed E-state index contributed by atoms with van der Waals surface area (Å²) in [5.41, 5.74) is 2.21.